The topological polar surface area (TPSA) is 101 Å². The molecule has 1 heterocycles. The second-order valence-corrected chi connectivity index (χ2v) is 10.4. The highest BCUT2D eigenvalue weighted by Gasteiger charge is 2.27. The summed E-state index contributed by atoms with van der Waals surface area (Å²) in [6, 6.07) is 7.82. The van der Waals surface area contributed by atoms with Crippen LogP contribution in [0.5, 0.6) is 0 Å². The molecular weight excluding hydrogens is 384 g/mol. The Hall–Kier alpha value is -1.84. The maximum Gasteiger partial charge on any atom is 0.220 e. The number of nitrogens with one attached hydrogen (secondary N) is 2. The zero-order valence-corrected chi connectivity index (χ0v) is 17.5. The fourth-order valence-corrected chi connectivity index (χ4v) is 3.52. The highest BCUT2D eigenvalue weighted by atomic mass is 32.2. The van der Waals surface area contributed by atoms with Gasteiger partial charge in [0.25, 0.3) is 0 Å². The number of nitrogens with zero attached hydrogens (tertiary/aromatic N) is 2. The lowest BCUT2D eigenvalue weighted by atomic mass is 10.1. The lowest BCUT2D eigenvalue weighted by molar-refractivity contribution is -0.121. The number of benzene rings is 1. The largest absolute Gasteiger partial charge is 0.352 e. The van der Waals surface area contributed by atoms with E-state index in [0.29, 0.717) is 32.4 Å². The minimum Gasteiger partial charge on any atom is -0.352 e. The fourth-order valence-electron chi connectivity index (χ4n) is 2.21. The maximum atomic E-state index is 11.9. The Bertz CT molecular complexity index is 826. The maximum absolute atomic E-state index is 11.9. The molecule has 9 heteroatoms. The molecule has 27 heavy (non-hydrogen) atoms. The van der Waals surface area contributed by atoms with Crippen LogP contribution in [0, 0.1) is 0 Å². The molecule has 0 saturated heterocycles. The summed E-state index contributed by atoms with van der Waals surface area (Å²) in [4.78, 5) is 11.9. The second-order valence-electron chi connectivity index (χ2n) is 7.23. The smallest absolute Gasteiger partial charge is 0.220 e. The van der Waals surface area contributed by atoms with Crippen molar-refractivity contribution in [3.8, 4) is 11.3 Å². The van der Waals surface area contributed by atoms with E-state index in [-0.39, 0.29) is 5.91 Å². The van der Waals surface area contributed by atoms with Crippen LogP contribution in [0.25, 0.3) is 11.3 Å². The summed E-state index contributed by atoms with van der Waals surface area (Å²) in [5.74, 6) is -0.0403. The molecule has 0 unspecified atom stereocenters. The van der Waals surface area contributed by atoms with Crippen molar-refractivity contribution in [2.24, 2.45) is 0 Å². The fraction of sp³-hybridized carbons (Fsp3) is 0.500. The Labute approximate surface area is 164 Å². The zero-order valence-electron chi connectivity index (χ0n) is 15.9. The lowest BCUT2D eigenvalue weighted by Gasteiger charge is -2.19. The van der Waals surface area contributed by atoms with Gasteiger partial charge in [0.2, 0.25) is 15.9 Å². The number of hydrogen-bond donors (Lipinski definition) is 2. The molecule has 0 spiro atoms. The van der Waals surface area contributed by atoms with Gasteiger partial charge in [0.15, 0.2) is 0 Å². The first-order valence-corrected chi connectivity index (χ1v) is 11.1. The van der Waals surface area contributed by atoms with E-state index in [1.807, 2.05) is 29.6 Å². The molecule has 0 aliphatic rings. The number of carbonyl (C=O) groups is 1. The van der Waals surface area contributed by atoms with Gasteiger partial charge in [0.1, 0.15) is 5.69 Å². The van der Waals surface area contributed by atoms with Crippen LogP contribution in [-0.4, -0.2) is 35.2 Å². The highest BCUT2D eigenvalue weighted by Crippen LogP contribution is 2.18. The molecular formula is C18H26N4O3S2. The Balaban J connectivity index is 1.65. The van der Waals surface area contributed by atoms with Gasteiger partial charge >= 0.3 is 0 Å². The first-order valence-electron chi connectivity index (χ1n) is 8.81. The van der Waals surface area contributed by atoms with Gasteiger partial charge in [-0.25, -0.2) is 13.1 Å². The Morgan fingerprint density at radius 3 is 2.44 bits per heavy atom. The van der Waals surface area contributed by atoms with Crippen molar-refractivity contribution in [2.75, 3.05) is 6.54 Å². The molecule has 2 rings (SSSR count). The van der Waals surface area contributed by atoms with Crippen LogP contribution >= 0.6 is 11.5 Å². The van der Waals surface area contributed by atoms with Gasteiger partial charge in [0, 0.05) is 30.5 Å². The molecule has 0 atom stereocenters. The van der Waals surface area contributed by atoms with E-state index in [1.54, 1.807) is 20.8 Å². The third kappa shape index (κ3) is 6.67. The van der Waals surface area contributed by atoms with E-state index >= 15 is 0 Å². The molecule has 0 radical (unpaired) electrons. The standard InChI is InChI=1S/C18H26N4O3S2/c1-18(2,3)27(24,25)20-11-5-4-6-17(23)19-12-14-7-9-15(10-8-14)16-13-26-22-21-16/h7-10,13,20H,4-6,11-12H2,1-3H3,(H,19,23). The third-order valence-electron chi connectivity index (χ3n) is 4.03. The van der Waals surface area contributed by atoms with Crippen molar-refractivity contribution in [1.29, 1.82) is 0 Å². The van der Waals surface area contributed by atoms with Crippen molar-refractivity contribution in [2.45, 2.75) is 51.3 Å². The number of sulfonamides is 1. The van der Waals surface area contributed by atoms with Crippen LogP contribution < -0.4 is 10.0 Å². The van der Waals surface area contributed by atoms with Gasteiger partial charge < -0.3 is 5.32 Å². The Morgan fingerprint density at radius 2 is 1.85 bits per heavy atom. The SMILES string of the molecule is CC(C)(C)S(=O)(=O)NCCCCC(=O)NCc1ccc(-c2csnn2)cc1. The van der Waals surface area contributed by atoms with E-state index in [0.717, 1.165) is 16.8 Å². The molecule has 1 aromatic carbocycles. The average Bonchev–Trinajstić information content (AvgIpc) is 3.13. The number of unbranched alkanes of at least 4 members (excludes halogenated alkanes) is 1. The summed E-state index contributed by atoms with van der Waals surface area (Å²) in [5.41, 5.74) is 2.85. The molecule has 0 saturated carbocycles. The van der Waals surface area contributed by atoms with Crippen LogP contribution in [-0.2, 0) is 21.4 Å². The zero-order chi connectivity index (χ0) is 19.9. The number of rotatable bonds is 9. The van der Waals surface area contributed by atoms with Crippen molar-refractivity contribution in [3.63, 3.8) is 0 Å². The summed E-state index contributed by atoms with van der Waals surface area (Å²) >= 11 is 1.31. The molecule has 1 amide bonds. The van der Waals surface area contributed by atoms with Crippen molar-refractivity contribution < 1.29 is 13.2 Å². The van der Waals surface area contributed by atoms with Gasteiger partial charge in [-0.3, -0.25) is 4.79 Å². The predicted molar refractivity (Wildman–Crippen MR) is 108 cm³/mol. The minimum absolute atomic E-state index is 0.0403. The van der Waals surface area contributed by atoms with E-state index in [9.17, 15) is 13.2 Å². The van der Waals surface area contributed by atoms with Gasteiger partial charge in [-0.1, -0.05) is 28.8 Å². The molecule has 2 N–H and O–H groups in total. The molecule has 7 nitrogen and oxygen atoms in total. The molecule has 0 aliphatic carbocycles. The number of hydrogen-bond acceptors (Lipinski definition) is 6. The van der Waals surface area contributed by atoms with Crippen LogP contribution in [0.3, 0.4) is 0 Å². The molecule has 0 bridgehead atoms. The summed E-state index contributed by atoms with van der Waals surface area (Å²) in [7, 11) is -3.32. The highest BCUT2D eigenvalue weighted by molar-refractivity contribution is 7.90. The quantitative estimate of drug-likeness (QED) is 0.619. The summed E-state index contributed by atoms with van der Waals surface area (Å²) in [5, 5.41) is 8.79. The van der Waals surface area contributed by atoms with Gasteiger partial charge in [-0.2, -0.15) is 0 Å². The van der Waals surface area contributed by atoms with E-state index in [1.165, 1.54) is 11.5 Å². The number of amides is 1. The number of aromatic nitrogens is 2. The van der Waals surface area contributed by atoms with Gasteiger partial charge in [-0.05, 0) is 50.7 Å². The van der Waals surface area contributed by atoms with Crippen molar-refractivity contribution >= 4 is 27.5 Å². The Kier molecular flexibility index (Phi) is 7.46. The van der Waals surface area contributed by atoms with Crippen LogP contribution in [0.15, 0.2) is 29.6 Å². The molecule has 0 aliphatic heterocycles. The average molecular weight is 411 g/mol. The molecule has 148 valence electrons. The van der Waals surface area contributed by atoms with Crippen LogP contribution in [0.2, 0.25) is 0 Å². The van der Waals surface area contributed by atoms with Crippen LogP contribution in [0.4, 0.5) is 0 Å². The third-order valence-corrected chi connectivity index (χ3v) is 6.73. The number of carbonyl (C=O) groups excluding carboxylic acids is 1. The lowest BCUT2D eigenvalue weighted by Crippen LogP contribution is -2.39. The Morgan fingerprint density at radius 1 is 1.15 bits per heavy atom. The van der Waals surface area contributed by atoms with Crippen LogP contribution in [0.1, 0.15) is 45.6 Å². The summed E-state index contributed by atoms with van der Waals surface area (Å²) in [6.07, 6.45) is 1.63. The van der Waals surface area contributed by atoms with E-state index in [4.69, 9.17) is 0 Å². The first-order chi connectivity index (χ1) is 12.7. The van der Waals surface area contributed by atoms with Crippen molar-refractivity contribution in [3.05, 3.63) is 35.2 Å². The van der Waals surface area contributed by atoms with E-state index in [2.05, 4.69) is 19.6 Å². The summed E-state index contributed by atoms with van der Waals surface area (Å²) in [6.45, 7) is 5.78. The first kappa shape index (κ1) is 21.5. The predicted octanol–water partition coefficient (Wildman–Crippen LogP) is 2.71. The molecule has 1 aromatic heterocycles. The molecule has 0 fully saturated rings. The van der Waals surface area contributed by atoms with Gasteiger partial charge in [-0.15, -0.1) is 5.10 Å². The van der Waals surface area contributed by atoms with Crippen molar-refractivity contribution in [1.82, 2.24) is 19.6 Å². The van der Waals surface area contributed by atoms with Gasteiger partial charge in [0.05, 0.1) is 4.75 Å². The van der Waals surface area contributed by atoms with E-state index < -0.39 is 14.8 Å². The normalized spacial score (nSPS) is 12.1. The second kappa shape index (κ2) is 9.38. The summed E-state index contributed by atoms with van der Waals surface area (Å²) < 4.78 is 29.4. The monoisotopic (exact) mass is 410 g/mol. The molecule has 2 aromatic rings. The minimum atomic E-state index is -3.32.